The van der Waals surface area contributed by atoms with Crippen LogP contribution in [0.5, 0.6) is 0 Å². The Labute approximate surface area is 460 Å². The van der Waals surface area contributed by atoms with E-state index in [0.717, 1.165) is 44.5 Å². The fraction of sp³-hybridized carbons (Fsp3) is 0. The van der Waals surface area contributed by atoms with Crippen molar-refractivity contribution in [1.82, 2.24) is 15.0 Å². The number of benzene rings is 14. The Hall–Kier alpha value is -10.1. The van der Waals surface area contributed by atoms with E-state index in [-0.39, 0.29) is 0 Å². The molecule has 366 valence electrons. The minimum Gasteiger partial charge on any atom is -0.208 e. The van der Waals surface area contributed by atoms with Crippen molar-refractivity contribution in [3.63, 3.8) is 0 Å². The molecule has 0 fully saturated rings. The van der Waals surface area contributed by atoms with E-state index < -0.39 is 0 Å². The number of hydrogen-bond donors (Lipinski definition) is 0. The lowest BCUT2D eigenvalue weighted by Crippen LogP contribution is -2.00. The van der Waals surface area contributed by atoms with Gasteiger partial charge in [0.05, 0.1) is 0 Å². The molecule has 79 heavy (non-hydrogen) atoms. The van der Waals surface area contributed by atoms with E-state index in [0.29, 0.717) is 17.5 Å². The second-order valence-corrected chi connectivity index (χ2v) is 21.7. The third-order valence-electron chi connectivity index (χ3n) is 16.1. The average molecular weight is 1020 g/mol. The van der Waals surface area contributed by atoms with Gasteiger partial charge in [-0.2, -0.15) is 0 Å². The number of thiophene rings is 1. The van der Waals surface area contributed by atoms with Crippen molar-refractivity contribution in [3.05, 3.63) is 273 Å². The quantitative estimate of drug-likeness (QED) is 0.149. The predicted molar refractivity (Wildman–Crippen MR) is 336 cm³/mol. The smallest absolute Gasteiger partial charge is 0.164 e. The average Bonchev–Trinajstić information content (AvgIpc) is 4.09. The molecule has 0 amide bonds. The highest BCUT2D eigenvalue weighted by Crippen LogP contribution is 2.44. The molecule has 0 unspecified atom stereocenters. The van der Waals surface area contributed by atoms with Crippen molar-refractivity contribution >= 4 is 96.1 Å². The molecule has 0 N–H and O–H groups in total. The third kappa shape index (κ3) is 7.60. The van der Waals surface area contributed by atoms with Gasteiger partial charge in [-0.3, -0.25) is 0 Å². The van der Waals surface area contributed by atoms with Crippen LogP contribution in [-0.2, 0) is 0 Å². The van der Waals surface area contributed by atoms with Gasteiger partial charge >= 0.3 is 0 Å². The molecular formula is C75H45N3S. The van der Waals surface area contributed by atoms with Crippen molar-refractivity contribution in [2.24, 2.45) is 0 Å². The Morgan fingerprint density at radius 3 is 1.01 bits per heavy atom. The molecule has 0 radical (unpaired) electrons. The maximum atomic E-state index is 5.28. The molecule has 0 aliphatic heterocycles. The molecule has 0 bridgehead atoms. The van der Waals surface area contributed by atoms with Crippen LogP contribution in [0, 0.1) is 0 Å². The first-order valence-electron chi connectivity index (χ1n) is 26.9. The van der Waals surface area contributed by atoms with E-state index >= 15 is 0 Å². The van der Waals surface area contributed by atoms with Gasteiger partial charge in [0.15, 0.2) is 17.5 Å². The van der Waals surface area contributed by atoms with Crippen LogP contribution in [0.15, 0.2) is 273 Å². The van der Waals surface area contributed by atoms with E-state index in [4.69, 9.17) is 15.0 Å². The second-order valence-electron chi connectivity index (χ2n) is 20.6. The van der Waals surface area contributed by atoms with Crippen molar-refractivity contribution in [2.45, 2.75) is 0 Å². The van der Waals surface area contributed by atoms with Gasteiger partial charge in [-0.25, -0.2) is 15.0 Å². The highest BCUT2D eigenvalue weighted by molar-refractivity contribution is 7.26. The summed E-state index contributed by atoms with van der Waals surface area (Å²) >= 11 is 1.88. The molecule has 0 atom stereocenters. The zero-order chi connectivity index (χ0) is 52.0. The molecule has 0 saturated carbocycles. The first-order valence-corrected chi connectivity index (χ1v) is 27.7. The fourth-order valence-electron chi connectivity index (χ4n) is 12.3. The van der Waals surface area contributed by atoms with Crippen LogP contribution in [0.25, 0.3) is 163 Å². The van der Waals surface area contributed by atoms with E-state index in [1.54, 1.807) is 0 Å². The highest BCUT2D eigenvalue weighted by Gasteiger charge is 2.18. The summed E-state index contributed by atoms with van der Waals surface area (Å²) in [5.41, 5.74) is 12.0. The zero-order valence-electron chi connectivity index (χ0n) is 42.7. The van der Waals surface area contributed by atoms with E-state index in [9.17, 15) is 0 Å². The number of fused-ring (bicyclic) bond motifs is 15. The summed E-state index contributed by atoms with van der Waals surface area (Å²) in [6.07, 6.45) is 0. The molecule has 3 nitrogen and oxygen atoms in total. The van der Waals surface area contributed by atoms with Crippen LogP contribution in [0.2, 0.25) is 0 Å². The van der Waals surface area contributed by atoms with Crippen molar-refractivity contribution < 1.29 is 0 Å². The van der Waals surface area contributed by atoms with Gasteiger partial charge in [0.1, 0.15) is 0 Å². The van der Waals surface area contributed by atoms with Gasteiger partial charge in [0, 0.05) is 36.9 Å². The SMILES string of the molecule is c1ccc(-c2nc(-c3cccc(-c4cccc(-c5ccc6c7ccccc7c7ccccc7c6c5)c4)c3)nc(-c3cccc(-c4ccc5c6ccccc6c6cc(-c7cccc8c7sc7ccccc78)ccc6c5c4)c3)n2)cc1. The molecule has 16 rings (SSSR count). The number of nitrogens with zero attached hydrogens (tertiary/aromatic N) is 3. The molecule has 0 aliphatic rings. The molecule has 2 aromatic heterocycles. The Morgan fingerprint density at radius 1 is 0.190 bits per heavy atom. The number of hydrogen-bond acceptors (Lipinski definition) is 4. The normalized spacial score (nSPS) is 11.8. The second kappa shape index (κ2) is 18.3. The number of rotatable bonds is 7. The lowest BCUT2D eigenvalue weighted by Gasteiger charge is -2.14. The largest absolute Gasteiger partial charge is 0.208 e. The van der Waals surface area contributed by atoms with Crippen LogP contribution in [0.1, 0.15) is 0 Å². The van der Waals surface area contributed by atoms with Gasteiger partial charge in [-0.15, -0.1) is 11.3 Å². The van der Waals surface area contributed by atoms with E-state index in [1.807, 2.05) is 29.5 Å². The predicted octanol–water partition coefficient (Wildman–Crippen LogP) is 20.8. The van der Waals surface area contributed by atoms with Gasteiger partial charge < -0.3 is 0 Å². The van der Waals surface area contributed by atoms with E-state index in [1.165, 1.54) is 101 Å². The Bertz CT molecular complexity index is 5120. The third-order valence-corrected chi connectivity index (χ3v) is 17.3. The monoisotopic (exact) mass is 1020 g/mol. The highest BCUT2D eigenvalue weighted by atomic mass is 32.1. The van der Waals surface area contributed by atoms with Crippen LogP contribution in [-0.4, -0.2) is 15.0 Å². The van der Waals surface area contributed by atoms with Gasteiger partial charge in [0.2, 0.25) is 0 Å². The van der Waals surface area contributed by atoms with Crippen molar-refractivity contribution in [3.8, 4) is 78.7 Å². The standard InChI is InChI=1S/C75H45N3S/c1-2-16-46(17-3-1)73-76-74(54-22-13-20-49(41-54)47-18-12-19-48(40-47)51-34-37-63-59-26-5-4-24-57(59)58-25-6-8-28-61(58)68(63)43-51)78-75(77-73)55-23-14-21-50(42-55)52-35-38-64-60-27-7-9-29-62(60)70-45-53(36-39-65(70)69(64)44-52)56-31-15-32-67-66-30-10-11-33-71(66)79-72(56)67/h1-45H. The number of aromatic nitrogens is 3. The molecule has 0 aliphatic carbocycles. The summed E-state index contributed by atoms with van der Waals surface area (Å²) in [6, 6.07) is 99.1. The Balaban J connectivity index is 0.776. The summed E-state index contributed by atoms with van der Waals surface area (Å²) in [7, 11) is 0. The van der Waals surface area contributed by atoms with Crippen LogP contribution in [0.4, 0.5) is 0 Å². The fourth-order valence-corrected chi connectivity index (χ4v) is 13.5. The summed E-state index contributed by atoms with van der Waals surface area (Å²) in [5, 5.41) is 17.7. The molecule has 4 heteroatoms. The molecule has 14 aromatic carbocycles. The summed E-state index contributed by atoms with van der Waals surface area (Å²) < 4.78 is 2.64. The maximum absolute atomic E-state index is 5.28. The van der Waals surface area contributed by atoms with Gasteiger partial charge in [0.25, 0.3) is 0 Å². The van der Waals surface area contributed by atoms with Gasteiger partial charge in [-0.05, 0) is 152 Å². The first-order chi connectivity index (χ1) is 39.1. The Morgan fingerprint density at radius 2 is 0.506 bits per heavy atom. The minimum absolute atomic E-state index is 0.618. The minimum atomic E-state index is 0.618. The molecule has 0 spiro atoms. The summed E-state index contributed by atoms with van der Waals surface area (Å²) in [5.74, 6) is 1.86. The summed E-state index contributed by atoms with van der Waals surface area (Å²) in [6.45, 7) is 0. The lowest BCUT2D eigenvalue weighted by molar-refractivity contribution is 1.07. The zero-order valence-corrected chi connectivity index (χ0v) is 43.5. The molecular weight excluding hydrogens is 975 g/mol. The topological polar surface area (TPSA) is 38.7 Å². The van der Waals surface area contributed by atoms with Crippen LogP contribution < -0.4 is 0 Å². The lowest BCUT2D eigenvalue weighted by atomic mass is 9.90. The van der Waals surface area contributed by atoms with Crippen LogP contribution >= 0.6 is 11.3 Å². The van der Waals surface area contributed by atoms with Crippen LogP contribution in [0.3, 0.4) is 0 Å². The molecule has 2 heterocycles. The summed E-state index contributed by atoms with van der Waals surface area (Å²) in [4.78, 5) is 15.6. The van der Waals surface area contributed by atoms with E-state index in [2.05, 4.69) is 255 Å². The molecule has 0 saturated heterocycles. The first kappa shape index (κ1) is 45.1. The molecule has 16 aromatic rings. The Kier molecular flexibility index (Phi) is 10.4. The van der Waals surface area contributed by atoms with Crippen molar-refractivity contribution in [1.29, 1.82) is 0 Å². The maximum Gasteiger partial charge on any atom is 0.164 e. The van der Waals surface area contributed by atoms with Gasteiger partial charge in [-0.1, -0.05) is 231 Å². The van der Waals surface area contributed by atoms with Crippen molar-refractivity contribution in [2.75, 3.05) is 0 Å².